The Kier molecular flexibility index (Phi) is 7.98. The van der Waals surface area contributed by atoms with Gasteiger partial charge in [-0.25, -0.2) is 8.42 Å². The summed E-state index contributed by atoms with van der Waals surface area (Å²) in [6.45, 7) is 7.13. The van der Waals surface area contributed by atoms with Crippen molar-refractivity contribution in [3.63, 3.8) is 0 Å². The molecule has 0 aromatic heterocycles. The Morgan fingerprint density at radius 3 is 2.27 bits per heavy atom. The lowest BCUT2D eigenvalue weighted by Crippen LogP contribution is -2.19. The molecule has 0 fully saturated rings. The van der Waals surface area contributed by atoms with Crippen molar-refractivity contribution in [2.75, 3.05) is 19.5 Å². The molecule has 2 aromatic carbocycles. The summed E-state index contributed by atoms with van der Waals surface area (Å²) in [6.07, 6.45) is 4.08. The largest absolute Gasteiger partial charge is 0.490 e. The fourth-order valence-electron chi connectivity index (χ4n) is 3.43. The Morgan fingerprint density at radius 2 is 1.70 bits per heavy atom. The van der Waals surface area contributed by atoms with Crippen LogP contribution < -0.4 is 14.8 Å². The van der Waals surface area contributed by atoms with E-state index >= 15 is 0 Å². The molecule has 0 bridgehead atoms. The van der Waals surface area contributed by atoms with Gasteiger partial charge < -0.3 is 14.8 Å². The van der Waals surface area contributed by atoms with Gasteiger partial charge in [0.05, 0.1) is 22.9 Å². The van der Waals surface area contributed by atoms with Crippen LogP contribution in [-0.2, 0) is 15.4 Å². The van der Waals surface area contributed by atoms with Gasteiger partial charge in [-0.15, -0.1) is 0 Å². The first-order valence-corrected chi connectivity index (χ1v) is 13.2. The van der Waals surface area contributed by atoms with E-state index in [1.807, 2.05) is 43.3 Å². The Balaban J connectivity index is 1.68. The highest BCUT2D eigenvalue weighted by Gasteiger charge is 2.26. The van der Waals surface area contributed by atoms with E-state index in [2.05, 4.69) is 23.6 Å². The molecular weight excluding hydrogens is 483 g/mol. The van der Waals surface area contributed by atoms with Crippen LogP contribution >= 0.6 is 23.2 Å². The highest BCUT2D eigenvalue weighted by molar-refractivity contribution is 7.89. The number of ether oxygens (including phenoxy) is 2. The minimum Gasteiger partial charge on any atom is -0.490 e. The third kappa shape index (κ3) is 6.65. The van der Waals surface area contributed by atoms with Gasteiger partial charge in [-0.1, -0.05) is 56.1 Å². The van der Waals surface area contributed by atoms with Crippen molar-refractivity contribution >= 4 is 39.1 Å². The van der Waals surface area contributed by atoms with Gasteiger partial charge in [0.25, 0.3) is 10.0 Å². The zero-order valence-corrected chi connectivity index (χ0v) is 21.4. The van der Waals surface area contributed by atoms with Gasteiger partial charge in [-0.2, -0.15) is 4.40 Å². The summed E-state index contributed by atoms with van der Waals surface area (Å²) in [5.41, 5.74) is 2.63. The zero-order valence-electron chi connectivity index (χ0n) is 19.1. The maximum Gasteiger partial charge on any atom is 0.251 e. The highest BCUT2D eigenvalue weighted by atomic mass is 35.5. The second-order valence-corrected chi connectivity index (χ2v) is 10.9. The summed E-state index contributed by atoms with van der Waals surface area (Å²) in [6, 6.07) is 11.6. The quantitative estimate of drug-likeness (QED) is 0.466. The molecule has 0 spiro atoms. The predicted molar refractivity (Wildman–Crippen MR) is 134 cm³/mol. The van der Waals surface area contributed by atoms with Crippen LogP contribution in [0.25, 0.3) is 0 Å². The summed E-state index contributed by atoms with van der Waals surface area (Å²) in [7, 11) is -3.42. The minimum absolute atomic E-state index is 0.336. The summed E-state index contributed by atoms with van der Waals surface area (Å²) in [5, 5.41) is 3.86. The van der Waals surface area contributed by atoms with E-state index in [-0.39, 0.29) is 5.41 Å². The molecule has 0 unspecified atom stereocenters. The second-order valence-electron chi connectivity index (χ2n) is 8.45. The Labute approximate surface area is 205 Å². The molecule has 6 nitrogen and oxygen atoms in total. The first kappa shape index (κ1) is 25.4. The van der Waals surface area contributed by atoms with E-state index in [1.165, 1.54) is 0 Å². The fourth-order valence-corrected chi connectivity index (χ4v) is 4.54. The molecule has 0 aliphatic carbocycles. The van der Waals surface area contributed by atoms with Crippen molar-refractivity contribution in [3.05, 3.63) is 69.3 Å². The van der Waals surface area contributed by atoms with Gasteiger partial charge in [-0.05, 0) is 47.4 Å². The molecule has 1 N–H and O–H groups in total. The number of amidine groups is 1. The normalized spacial score (nSPS) is 15.3. The third-order valence-corrected chi connectivity index (χ3v) is 6.40. The molecule has 0 amide bonds. The van der Waals surface area contributed by atoms with Crippen molar-refractivity contribution in [1.29, 1.82) is 0 Å². The second kappa shape index (κ2) is 10.4. The number of hydrogen-bond acceptors (Lipinski definition) is 4. The van der Waals surface area contributed by atoms with E-state index in [1.54, 1.807) is 6.20 Å². The van der Waals surface area contributed by atoms with Crippen molar-refractivity contribution in [2.45, 2.75) is 39.0 Å². The summed E-state index contributed by atoms with van der Waals surface area (Å²) in [4.78, 5) is 0. The Bertz CT molecular complexity index is 1150. The molecular formula is C24H28Cl2N2O4S. The van der Waals surface area contributed by atoms with Gasteiger partial charge in [0, 0.05) is 18.0 Å². The molecule has 0 radical (unpaired) electrons. The lowest BCUT2D eigenvalue weighted by Gasteiger charge is -2.27. The molecule has 0 atom stereocenters. The van der Waals surface area contributed by atoms with Gasteiger partial charge >= 0.3 is 0 Å². The molecule has 1 heterocycles. The third-order valence-electron chi connectivity index (χ3n) is 5.28. The first-order chi connectivity index (χ1) is 15.5. The van der Waals surface area contributed by atoms with Gasteiger partial charge in [-0.3, -0.25) is 0 Å². The number of benzene rings is 2. The molecule has 3 rings (SSSR count). The maximum atomic E-state index is 11.3. The van der Waals surface area contributed by atoms with Crippen molar-refractivity contribution in [3.8, 4) is 11.5 Å². The Morgan fingerprint density at radius 1 is 1.06 bits per heavy atom. The number of sulfonamides is 1. The fraction of sp³-hybridized carbons (Fsp3) is 0.375. The highest BCUT2D eigenvalue weighted by Crippen LogP contribution is 2.40. The molecule has 0 saturated heterocycles. The number of halogens is 2. The van der Waals surface area contributed by atoms with Crippen LogP contribution in [0.2, 0.25) is 10.0 Å². The standard InChI is InChI=1S/C24H28Cl2N2O4S/c1-5-10-31-23-20(25)12-18(13-21(23)26)24(2,3)17-6-8-19(9-7-17)32-15-16-11-22(27-14-16)28-33(4,29)30/h6-9,12-14H,5,10-11,15H2,1-4H3,(H,27,28). The number of hydrogen-bond donors (Lipinski definition) is 1. The van der Waals surface area contributed by atoms with E-state index in [4.69, 9.17) is 32.7 Å². The average Bonchev–Trinajstić information content (AvgIpc) is 3.17. The minimum atomic E-state index is -3.42. The van der Waals surface area contributed by atoms with Crippen LogP contribution in [0.1, 0.15) is 44.7 Å². The van der Waals surface area contributed by atoms with Crippen LogP contribution in [0.4, 0.5) is 0 Å². The van der Waals surface area contributed by atoms with Crippen molar-refractivity contribution in [1.82, 2.24) is 5.32 Å². The van der Waals surface area contributed by atoms with Crippen LogP contribution in [0.5, 0.6) is 11.5 Å². The maximum absolute atomic E-state index is 11.3. The van der Waals surface area contributed by atoms with Gasteiger partial charge in [0.2, 0.25) is 0 Å². The summed E-state index contributed by atoms with van der Waals surface area (Å²) in [5.74, 6) is 1.63. The van der Waals surface area contributed by atoms with Crippen molar-refractivity contribution < 1.29 is 17.9 Å². The molecule has 0 saturated carbocycles. The SMILES string of the molecule is CCCOc1c(Cl)cc(C(C)(C)c2ccc(OCC3=CNC(=NS(C)(=O)=O)C3)cc2)cc1Cl. The molecule has 178 valence electrons. The van der Waals surface area contributed by atoms with Crippen LogP contribution in [0, 0.1) is 0 Å². The van der Waals surface area contributed by atoms with E-state index in [0.29, 0.717) is 47.0 Å². The number of rotatable bonds is 9. The molecule has 1 aliphatic heterocycles. The number of nitrogens with zero attached hydrogens (tertiary/aromatic N) is 1. The lowest BCUT2D eigenvalue weighted by molar-refractivity contribution is 0.317. The lowest BCUT2D eigenvalue weighted by atomic mass is 9.78. The van der Waals surface area contributed by atoms with Crippen LogP contribution in [-0.4, -0.2) is 33.7 Å². The van der Waals surface area contributed by atoms with Crippen LogP contribution in [0.3, 0.4) is 0 Å². The summed E-state index contributed by atoms with van der Waals surface area (Å²) >= 11 is 12.9. The molecule has 2 aromatic rings. The molecule has 33 heavy (non-hydrogen) atoms. The van der Waals surface area contributed by atoms with Gasteiger partial charge in [0.15, 0.2) is 5.75 Å². The average molecular weight is 511 g/mol. The summed E-state index contributed by atoms with van der Waals surface area (Å²) < 4.78 is 37.8. The van der Waals surface area contributed by atoms with Crippen molar-refractivity contribution in [2.24, 2.45) is 4.40 Å². The predicted octanol–water partition coefficient (Wildman–Crippen LogP) is 5.72. The number of nitrogens with one attached hydrogen (secondary N) is 1. The Hall–Kier alpha value is -2.22. The molecule has 1 aliphatic rings. The van der Waals surface area contributed by atoms with Gasteiger partial charge in [0.1, 0.15) is 18.2 Å². The zero-order chi connectivity index (χ0) is 24.2. The monoisotopic (exact) mass is 510 g/mol. The molecule has 9 heteroatoms. The smallest absolute Gasteiger partial charge is 0.251 e. The topological polar surface area (TPSA) is 77.0 Å². The van der Waals surface area contributed by atoms with E-state index in [9.17, 15) is 8.42 Å². The van der Waals surface area contributed by atoms with E-state index in [0.717, 1.165) is 29.4 Å². The first-order valence-electron chi connectivity index (χ1n) is 10.6. The van der Waals surface area contributed by atoms with E-state index < -0.39 is 10.0 Å². The van der Waals surface area contributed by atoms with Crippen LogP contribution in [0.15, 0.2) is 52.6 Å².